The van der Waals surface area contributed by atoms with Gasteiger partial charge in [-0.25, -0.2) is 4.79 Å². The zero-order valence-electron chi connectivity index (χ0n) is 18.1. The summed E-state index contributed by atoms with van der Waals surface area (Å²) in [5.74, 6) is -1.51. The van der Waals surface area contributed by atoms with E-state index in [1.807, 2.05) is 36.4 Å². The van der Waals surface area contributed by atoms with Gasteiger partial charge in [0.2, 0.25) is 0 Å². The zero-order valence-corrected chi connectivity index (χ0v) is 21.5. The Morgan fingerprint density at radius 2 is 1.47 bits per heavy atom. The summed E-state index contributed by atoms with van der Waals surface area (Å²) in [6, 6.07) is 16.1. The number of methoxy groups -OCH3 is 1. The first-order chi connectivity index (χ1) is 15.5. The van der Waals surface area contributed by atoms with Crippen molar-refractivity contribution < 1.29 is 29.0 Å². The van der Waals surface area contributed by atoms with Crippen LogP contribution < -0.4 is 11.1 Å². The third-order valence-electron chi connectivity index (χ3n) is 4.12. The average molecular weight is 551 g/mol. The Balaban J connectivity index is -0.000000695. The second-order valence-corrected chi connectivity index (χ2v) is 5.85. The molecule has 0 aliphatic heterocycles. The van der Waals surface area contributed by atoms with Crippen LogP contribution in [0.5, 0.6) is 0 Å². The maximum Gasteiger partial charge on any atom is 0.407 e. The Morgan fingerprint density at radius 3 is 1.82 bits per heavy atom. The molecule has 1 amide bonds. The van der Waals surface area contributed by atoms with Crippen molar-refractivity contribution in [2.24, 2.45) is 5.73 Å². The van der Waals surface area contributed by atoms with Gasteiger partial charge in [-0.15, -0.1) is 11.6 Å². The number of alkyl carbamates (subject to hydrolysis) is 1. The topological polar surface area (TPSA) is 128 Å². The number of amides is 1. The van der Waals surface area contributed by atoms with Crippen LogP contribution in [-0.2, 0) is 41.4 Å². The van der Waals surface area contributed by atoms with Crippen LogP contribution in [0.2, 0.25) is 0 Å². The minimum Gasteiger partial charge on any atom is -0.480 e. The average Bonchev–Trinajstić information content (AvgIpc) is 3.17. The van der Waals surface area contributed by atoms with Gasteiger partial charge in [0.1, 0.15) is 13.2 Å². The number of hydrogen-bond acceptors (Lipinski definition) is 8. The summed E-state index contributed by atoms with van der Waals surface area (Å²) < 4.78 is 9.31. The van der Waals surface area contributed by atoms with Gasteiger partial charge in [-0.05, 0) is 22.3 Å². The van der Waals surface area contributed by atoms with Gasteiger partial charge < -0.3 is 25.6 Å². The molecule has 12 heteroatoms. The molecule has 0 unspecified atom stereocenters. The molecule has 0 heterocycles. The van der Waals surface area contributed by atoms with E-state index in [0.717, 1.165) is 22.3 Å². The molecule has 0 radical (unpaired) electrons. The normalized spacial score (nSPS) is 9.65. The first kappa shape index (κ1) is 36.3. The summed E-state index contributed by atoms with van der Waals surface area (Å²) in [4.78, 5) is 31.8. The third kappa shape index (κ3) is 11.7. The maximum atomic E-state index is 11.5. The van der Waals surface area contributed by atoms with E-state index >= 15 is 0 Å². The van der Waals surface area contributed by atoms with Gasteiger partial charge in [-0.2, -0.15) is 13.5 Å². The number of hydrogen-bond donors (Lipinski definition) is 3. The Hall–Kier alpha value is -2.31. The minimum atomic E-state index is -1.10. The highest BCUT2D eigenvalue weighted by molar-refractivity contribution is 8.07. The standard InChI is InChI=1S/C17H15NO4.C3H7NO2.CH3Cl.CH4.S2.H2S/c19-16(20)9-18-17(21)22-10-15-13-7-3-1-5-11(13)12-6-2-4-8-14(12)15;1-6-3(5)2-4;1-2;;1-2;/h1-8,15H,9-10H2,(H,18,21)(H,19,20);2,4H2,1H3;1H3;1H4;;1H2. The van der Waals surface area contributed by atoms with Crippen LogP contribution in [-0.4, -0.2) is 56.3 Å². The lowest BCUT2D eigenvalue weighted by molar-refractivity contribution is -0.139. The molecular formula is C22H31ClN2O6S3. The molecule has 1 aliphatic carbocycles. The number of alkyl halides is 1. The van der Waals surface area contributed by atoms with Crippen LogP contribution in [0.15, 0.2) is 48.5 Å². The van der Waals surface area contributed by atoms with E-state index in [9.17, 15) is 14.4 Å². The number of halogens is 1. The fourth-order valence-electron chi connectivity index (χ4n) is 2.88. The van der Waals surface area contributed by atoms with Crippen molar-refractivity contribution in [3.63, 3.8) is 0 Å². The molecule has 34 heavy (non-hydrogen) atoms. The molecule has 0 atom stereocenters. The molecule has 0 fully saturated rings. The van der Waals surface area contributed by atoms with E-state index in [1.54, 1.807) is 0 Å². The predicted molar refractivity (Wildman–Crippen MR) is 145 cm³/mol. The lowest BCUT2D eigenvalue weighted by atomic mass is 9.98. The van der Waals surface area contributed by atoms with Gasteiger partial charge in [-0.3, -0.25) is 9.59 Å². The number of esters is 1. The molecular weight excluding hydrogens is 520 g/mol. The van der Waals surface area contributed by atoms with E-state index in [1.165, 1.54) is 13.5 Å². The molecule has 190 valence electrons. The van der Waals surface area contributed by atoms with Gasteiger partial charge in [-0.1, -0.05) is 56.0 Å². The predicted octanol–water partition coefficient (Wildman–Crippen LogP) is 3.33. The number of carbonyl (C=O) groups is 3. The molecule has 2 aromatic rings. The quantitative estimate of drug-likeness (QED) is 0.379. The van der Waals surface area contributed by atoms with Gasteiger partial charge in [0.15, 0.2) is 0 Å². The van der Waals surface area contributed by atoms with E-state index in [4.69, 9.17) is 15.6 Å². The third-order valence-corrected chi connectivity index (χ3v) is 4.12. The number of nitrogens with two attached hydrogens (primary N) is 1. The van der Waals surface area contributed by atoms with Crippen LogP contribution in [0.3, 0.4) is 0 Å². The van der Waals surface area contributed by atoms with Gasteiger partial charge in [0, 0.05) is 34.7 Å². The summed E-state index contributed by atoms with van der Waals surface area (Å²) in [6.07, 6.45) is 0.754. The van der Waals surface area contributed by atoms with Crippen LogP contribution >= 0.6 is 25.1 Å². The lowest BCUT2D eigenvalue weighted by Crippen LogP contribution is -2.30. The van der Waals surface area contributed by atoms with Crippen molar-refractivity contribution in [2.75, 3.05) is 33.2 Å². The number of rotatable bonds is 5. The Kier molecular flexibility index (Phi) is 22.7. The molecule has 8 nitrogen and oxygen atoms in total. The van der Waals surface area contributed by atoms with E-state index < -0.39 is 18.6 Å². The van der Waals surface area contributed by atoms with Gasteiger partial charge in [0.05, 0.1) is 13.7 Å². The maximum absolute atomic E-state index is 11.5. The van der Waals surface area contributed by atoms with Gasteiger partial charge in [0.25, 0.3) is 0 Å². The first-order valence-electron chi connectivity index (χ1n) is 9.09. The minimum absolute atomic E-state index is 0. The van der Waals surface area contributed by atoms with Crippen molar-refractivity contribution in [2.45, 2.75) is 13.3 Å². The Bertz CT molecular complexity index is 838. The SMILES string of the molecule is C.CCl.COC(=O)CN.O=C(O)CNC(=O)OCC1c2ccccc2-c2ccccc21.S.S=S. The summed E-state index contributed by atoms with van der Waals surface area (Å²) in [7, 11) is 1.30. The number of fused-ring (bicyclic) bond motifs is 3. The number of benzene rings is 2. The number of aliphatic carboxylic acids is 1. The number of carboxylic acids is 1. The molecule has 0 saturated carbocycles. The first-order valence-corrected chi connectivity index (χ1v) is 11.2. The highest BCUT2D eigenvalue weighted by Crippen LogP contribution is 2.44. The van der Waals surface area contributed by atoms with E-state index in [-0.39, 0.29) is 46.0 Å². The molecule has 0 spiro atoms. The number of carbonyl (C=O) groups excluding carboxylic acids is 2. The molecule has 0 aromatic heterocycles. The number of ether oxygens (including phenoxy) is 2. The molecule has 2 aromatic carbocycles. The summed E-state index contributed by atoms with van der Waals surface area (Å²) in [5.41, 5.74) is 9.35. The van der Waals surface area contributed by atoms with Crippen molar-refractivity contribution in [1.82, 2.24) is 5.32 Å². The van der Waals surface area contributed by atoms with Crippen molar-refractivity contribution in [3.8, 4) is 11.1 Å². The Labute approximate surface area is 222 Å². The fourth-order valence-corrected chi connectivity index (χ4v) is 2.88. The van der Waals surface area contributed by atoms with E-state index in [2.05, 4.69) is 56.2 Å². The highest BCUT2D eigenvalue weighted by atomic mass is 35.5. The molecule has 1 aliphatic rings. The number of carboxylic acid groups (broad SMARTS) is 1. The second kappa shape index (κ2) is 21.2. The monoisotopic (exact) mass is 550 g/mol. The van der Waals surface area contributed by atoms with Crippen LogP contribution in [0, 0.1) is 0 Å². The largest absolute Gasteiger partial charge is 0.480 e. The fraction of sp³-hybridized carbons (Fsp3) is 0.318. The molecule has 0 bridgehead atoms. The van der Waals surface area contributed by atoms with Gasteiger partial charge >= 0.3 is 18.0 Å². The Morgan fingerprint density at radius 1 is 1.03 bits per heavy atom. The zero-order chi connectivity index (χ0) is 24.5. The highest BCUT2D eigenvalue weighted by Gasteiger charge is 2.28. The molecule has 4 N–H and O–H groups in total. The van der Waals surface area contributed by atoms with Crippen molar-refractivity contribution in [3.05, 3.63) is 59.7 Å². The van der Waals surface area contributed by atoms with Crippen LogP contribution in [0.4, 0.5) is 4.79 Å². The van der Waals surface area contributed by atoms with Crippen LogP contribution in [0.1, 0.15) is 24.5 Å². The van der Waals surface area contributed by atoms with Crippen molar-refractivity contribution in [1.29, 1.82) is 0 Å². The molecule has 3 rings (SSSR count). The summed E-state index contributed by atoms with van der Waals surface area (Å²) in [6.45, 7) is -0.299. The summed E-state index contributed by atoms with van der Waals surface area (Å²) in [5, 5.41) is 10.7. The molecule has 0 saturated heterocycles. The van der Waals surface area contributed by atoms with E-state index in [0.29, 0.717) is 0 Å². The van der Waals surface area contributed by atoms with Crippen molar-refractivity contribution >= 4 is 65.5 Å². The number of nitrogens with one attached hydrogen (secondary N) is 1. The van der Waals surface area contributed by atoms with Crippen LogP contribution in [0.25, 0.3) is 11.1 Å². The second-order valence-electron chi connectivity index (χ2n) is 5.85. The smallest absolute Gasteiger partial charge is 0.407 e. The summed E-state index contributed by atoms with van der Waals surface area (Å²) >= 11 is 12.0. The lowest BCUT2D eigenvalue weighted by Gasteiger charge is -2.14.